The van der Waals surface area contributed by atoms with Crippen molar-refractivity contribution in [1.29, 1.82) is 0 Å². The Morgan fingerprint density at radius 3 is 1.20 bits per heavy atom. The number of phosphoric ester groups is 1. The van der Waals surface area contributed by atoms with Crippen LogP contribution in [0.1, 0.15) is 271 Å². The average molecular weight is 994 g/mol. The normalized spacial score (nSPS) is 13.8. The average Bonchev–Trinajstić information content (AvgIpc) is 3.31. The van der Waals surface area contributed by atoms with Crippen LogP contribution in [0.3, 0.4) is 0 Å². The number of ether oxygens (including phenoxy) is 2. The molecule has 2 unspecified atom stereocenters. The maximum atomic E-state index is 12.8. The number of nitrogens with zero attached hydrogens (tertiary/aromatic N) is 1. The number of quaternary nitrogens is 1. The molecular formula is C60H115NO7P+. The van der Waals surface area contributed by atoms with E-state index in [0.717, 1.165) is 51.4 Å². The van der Waals surface area contributed by atoms with E-state index >= 15 is 0 Å². The van der Waals surface area contributed by atoms with Crippen molar-refractivity contribution in [2.45, 2.75) is 277 Å². The number of hydrogen-bond donors (Lipinski definition) is 1. The summed E-state index contributed by atoms with van der Waals surface area (Å²) in [6, 6.07) is 0. The lowest BCUT2D eigenvalue weighted by Gasteiger charge is -2.24. The fourth-order valence-electron chi connectivity index (χ4n) is 8.32. The summed E-state index contributed by atoms with van der Waals surface area (Å²) < 4.78 is 35.3. The first-order chi connectivity index (χ1) is 33.6. The summed E-state index contributed by atoms with van der Waals surface area (Å²) in [6.45, 7) is 5.63. The third-order valence-corrected chi connectivity index (χ3v) is 13.8. The van der Waals surface area contributed by atoms with E-state index in [4.69, 9.17) is 18.5 Å². The van der Waals surface area contributed by atoms with E-state index in [1.54, 1.807) is 0 Å². The fraction of sp³-hybridized carbons (Fsp3) is 0.850. The fourth-order valence-corrected chi connectivity index (χ4v) is 9.06. The van der Waals surface area contributed by atoms with Crippen molar-refractivity contribution in [2.75, 3.05) is 54.1 Å². The predicted octanol–water partition coefficient (Wildman–Crippen LogP) is 18.6. The van der Waals surface area contributed by atoms with Crippen LogP contribution in [-0.4, -0.2) is 75.6 Å². The zero-order valence-electron chi connectivity index (χ0n) is 46.3. The summed E-state index contributed by atoms with van der Waals surface area (Å²) in [6.07, 6.45) is 67.5. The summed E-state index contributed by atoms with van der Waals surface area (Å²) >= 11 is 0. The Bertz CT molecular complexity index is 1240. The molecule has 69 heavy (non-hydrogen) atoms. The van der Waals surface area contributed by atoms with Crippen LogP contribution < -0.4 is 0 Å². The number of esters is 1. The van der Waals surface area contributed by atoms with Crippen LogP contribution in [0, 0.1) is 0 Å². The maximum absolute atomic E-state index is 12.8. The van der Waals surface area contributed by atoms with Crippen molar-refractivity contribution in [1.82, 2.24) is 0 Å². The number of carbonyl (C=O) groups excluding carboxylic acids is 1. The molecule has 0 bridgehead atoms. The highest BCUT2D eigenvalue weighted by molar-refractivity contribution is 7.47. The number of unbranched alkanes of at least 4 members (excludes halogenated alkanes) is 33. The first-order valence-electron chi connectivity index (χ1n) is 29.4. The molecule has 0 saturated carbocycles. The Balaban J connectivity index is 4.08. The quantitative estimate of drug-likeness (QED) is 0.0213. The Kier molecular flexibility index (Phi) is 51.6. The third kappa shape index (κ3) is 57.2. The molecule has 2 atom stereocenters. The second-order valence-corrected chi connectivity index (χ2v) is 22.5. The molecule has 0 heterocycles. The molecule has 0 spiro atoms. The van der Waals surface area contributed by atoms with Crippen LogP contribution in [0.5, 0.6) is 0 Å². The number of phosphoric acid groups is 1. The summed E-state index contributed by atoms with van der Waals surface area (Å²) in [4.78, 5) is 23.1. The topological polar surface area (TPSA) is 91.3 Å². The standard InChI is InChI=1S/C60H114NO7P/c1-6-8-10-12-14-16-18-20-22-24-26-28-30-31-32-33-35-37-39-41-43-45-47-49-51-53-60(62)68-59(58-67-69(63,64)66-56-54-61(3,4)5)57-65-55-52-50-48-46-44-42-40-38-36-34-29-27-25-23-21-19-17-15-13-11-9-7-2/h19,21,24-27,34,36,59H,6-18,20,22-23,28-33,35,37-58H2,1-5H3/p+1/b21-19-,26-24-,27-25-,36-34-. The lowest BCUT2D eigenvalue weighted by Crippen LogP contribution is -2.37. The lowest BCUT2D eigenvalue weighted by molar-refractivity contribution is -0.870. The molecule has 0 aliphatic carbocycles. The van der Waals surface area contributed by atoms with Gasteiger partial charge in [0.1, 0.15) is 19.3 Å². The molecule has 8 nitrogen and oxygen atoms in total. The van der Waals surface area contributed by atoms with E-state index in [-0.39, 0.29) is 25.8 Å². The van der Waals surface area contributed by atoms with E-state index in [0.29, 0.717) is 24.1 Å². The van der Waals surface area contributed by atoms with Crippen LogP contribution in [-0.2, 0) is 27.9 Å². The molecule has 0 rings (SSSR count). The van der Waals surface area contributed by atoms with Crippen LogP contribution >= 0.6 is 7.82 Å². The van der Waals surface area contributed by atoms with E-state index in [1.165, 1.54) is 199 Å². The molecule has 0 saturated heterocycles. The molecule has 0 aromatic rings. The monoisotopic (exact) mass is 993 g/mol. The minimum Gasteiger partial charge on any atom is -0.457 e. The highest BCUT2D eigenvalue weighted by Gasteiger charge is 2.26. The first-order valence-corrected chi connectivity index (χ1v) is 30.9. The van der Waals surface area contributed by atoms with Gasteiger partial charge in [0.25, 0.3) is 0 Å². The SMILES string of the molecule is CCCCCCC/C=C\C/C=C\C/C=C\CCCCCCCCCOCC(COP(=O)(O)OCC[N+](C)(C)C)OC(=O)CCCCCCCCCCCCCCC/C=C\CCCCCCCCCC. The van der Waals surface area contributed by atoms with Gasteiger partial charge in [-0.1, -0.05) is 236 Å². The highest BCUT2D eigenvalue weighted by Crippen LogP contribution is 2.43. The number of hydrogen-bond acceptors (Lipinski definition) is 6. The van der Waals surface area contributed by atoms with Gasteiger partial charge in [-0.3, -0.25) is 13.8 Å². The van der Waals surface area contributed by atoms with Gasteiger partial charge in [0.05, 0.1) is 34.4 Å². The van der Waals surface area contributed by atoms with Gasteiger partial charge in [0, 0.05) is 13.0 Å². The van der Waals surface area contributed by atoms with Gasteiger partial charge in [-0.25, -0.2) is 4.57 Å². The maximum Gasteiger partial charge on any atom is 0.472 e. The van der Waals surface area contributed by atoms with Crippen molar-refractivity contribution in [3.05, 3.63) is 48.6 Å². The zero-order valence-corrected chi connectivity index (χ0v) is 47.2. The van der Waals surface area contributed by atoms with Crippen molar-refractivity contribution < 1.29 is 37.3 Å². The molecule has 9 heteroatoms. The molecule has 0 aliphatic heterocycles. The molecule has 0 aromatic carbocycles. The van der Waals surface area contributed by atoms with Gasteiger partial charge in [-0.2, -0.15) is 0 Å². The predicted molar refractivity (Wildman–Crippen MR) is 298 cm³/mol. The Morgan fingerprint density at radius 2 is 0.797 bits per heavy atom. The Hall–Kier alpha value is -1.54. The minimum absolute atomic E-state index is 0.0861. The number of rotatable bonds is 55. The molecule has 0 fully saturated rings. The number of carbonyl (C=O) groups is 1. The summed E-state index contributed by atoms with van der Waals surface area (Å²) in [5.74, 6) is -0.314. The van der Waals surface area contributed by atoms with Gasteiger partial charge in [0.15, 0.2) is 0 Å². The second kappa shape index (κ2) is 52.8. The molecule has 0 aromatic heterocycles. The van der Waals surface area contributed by atoms with Crippen LogP contribution in [0.15, 0.2) is 48.6 Å². The Morgan fingerprint density at radius 1 is 0.449 bits per heavy atom. The van der Waals surface area contributed by atoms with Gasteiger partial charge >= 0.3 is 13.8 Å². The van der Waals surface area contributed by atoms with Crippen LogP contribution in [0.25, 0.3) is 0 Å². The molecule has 0 radical (unpaired) electrons. The smallest absolute Gasteiger partial charge is 0.457 e. The van der Waals surface area contributed by atoms with Gasteiger partial charge < -0.3 is 18.9 Å². The zero-order chi connectivity index (χ0) is 50.5. The van der Waals surface area contributed by atoms with Crippen LogP contribution in [0.4, 0.5) is 0 Å². The van der Waals surface area contributed by atoms with E-state index in [2.05, 4.69) is 62.5 Å². The molecule has 0 amide bonds. The molecule has 406 valence electrons. The van der Waals surface area contributed by atoms with Crippen molar-refractivity contribution in [2.24, 2.45) is 0 Å². The highest BCUT2D eigenvalue weighted by atomic mass is 31.2. The summed E-state index contributed by atoms with van der Waals surface area (Å²) in [7, 11) is 1.67. The van der Waals surface area contributed by atoms with Crippen LogP contribution in [0.2, 0.25) is 0 Å². The van der Waals surface area contributed by atoms with Gasteiger partial charge in [-0.05, 0) is 77.0 Å². The van der Waals surface area contributed by atoms with Crippen molar-refractivity contribution in [3.8, 4) is 0 Å². The molecular weight excluding hydrogens is 878 g/mol. The third-order valence-electron chi connectivity index (χ3n) is 12.9. The number of allylic oxidation sites excluding steroid dienone is 8. The van der Waals surface area contributed by atoms with E-state index in [1.807, 2.05) is 21.1 Å². The Labute approximate surface area is 428 Å². The lowest BCUT2D eigenvalue weighted by atomic mass is 10.0. The summed E-state index contributed by atoms with van der Waals surface area (Å²) in [5.41, 5.74) is 0. The van der Waals surface area contributed by atoms with E-state index < -0.39 is 13.9 Å². The summed E-state index contributed by atoms with van der Waals surface area (Å²) in [5, 5.41) is 0. The van der Waals surface area contributed by atoms with Crippen molar-refractivity contribution in [3.63, 3.8) is 0 Å². The van der Waals surface area contributed by atoms with Gasteiger partial charge in [-0.15, -0.1) is 0 Å². The minimum atomic E-state index is -4.29. The first kappa shape index (κ1) is 67.5. The second-order valence-electron chi connectivity index (χ2n) is 21.0. The molecule has 1 N–H and O–H groups in total. The van der Waals surface area contributed by atoms with Gasteiger partial charge in [0.2, 0.25) is 0 Å². The van der Waals surface area contributed by atoms with Crippen molar-refractivity contribution >= 4 is 13.8 Å². The largest absolute Gasteiger partial charge is 0.472 e. The number of likely N-dealkylation sites (N-methyl/N-ethyl adjacent to an activating group) is 1. The molecule has 0 aliphatic rings. The van der Waals surface area contributed by atoms with E-state index in [9.17, 15) is 14.3 Å².